The van der Waals surface area contributed by atoms with Crippen LogP contribution in [0.3, 0.4) is 0 Å². The Morgan fingerprint density at radius 1 is 0.883 bits per heavy atom. The average Bonchev–Trinajstić information content (AvgIpc) is 4.25. The molecule has 3 aliphatic heterocycles. The molecule has 0 bridgehead atoms. The first-order valence-corrected chi connectivity index (χ1v) is 25.1. The fourth-order valence-electron chi connectivity index (χ4n) is 10.1. The second-order valence-corrected chi connectivity index (χ2v) is 19.6. The van der Waals surface area contributed by atoms with Crippen molar-refractivity contribution < 1.29 is 66.9 Å². The molecule has 0 radical (unpaired) electrons. The van der Waals surface area contributed by atoms with E-state index >= 15 is 4.39 Å². The molecule has 0 saturated heterocycles. The van der Waals surface area contributed by atoms with E-state index in [4.69, 9.17) is 19.2 Å². The number of hydrogen-bond acceptors (Lipinski definition) is 15. The van der Waals surface area contributed by atoms with Gasteiger partial charge in [0.2, 0.25) is 35.4 Å². The van der Waals surface area contributed by atoms with Crippen molar-refractivity contribution in [3.05, 3.63) is 110 Å². The van der Waals surface area contributed by atoms with Gasteiger partial charge in [0.05, 0.1) is 81.1 Å². The van der Waals surface area contributed by atoms with E-state index in [0.717, 1.165) is 28.2 Å². The number of amides is 8. The van der Waals surface area contributed by atoms with Crippen molar-refractivity contribution in [3.63, 3.8) is 0 Å². The van der Waals surface area contributed by atoms with Crippen molar-refractivity contribution in [1.29, 1.82) is 0 Å². The number of fused-ring (bicyclic) bond motifs is 5. The van der Waals surface area contributed by atoms with E-state index in [1.165, 1.54) is 17.6 Å². The van der Waals surface area contributed by atoms with E-state index in [-0.39, 0.29) is 82.0 Å². The van der Waals surface area contributed by atoms with E-state index in [9.17, 15) is 53.1 Å². The summed E-state index contributed by atoms with van der Waals surface area (Å²) in [5.41, 5.74) is 2.18. The highest BCUT2D eigenvalue weighted by atomic mass is 19.1. The molecule has 1 saturated carbocycles. The largest absolute Gasteiger partial charge is 0.458 e. The normalized spacial score (nSPS) is 19.9. The summed E-state index contributed by atoms with van der Waals surface area (Å²) in [7, 11) is 0. The Hall–Kier alpha value is -8.22. The summed E-state index contributed by atoms with van der Waals surface area (Å²) in [4.78, 5) is 133. The van der Waals surface area contributed by atoms with Crippen LogP contribution in [0.5, 0.6) is 0 Å². The zero-order valence-corrected chi connectivity index (χ0v) is 42.1. The van der Waals surface area contributed by atoms with Gasteiger partial charge in [0.1, 0.15) is 25.2 Å². The highest BCUT2D eigenvalue weighted by Gasteiger charge is 2.46. The number of halogens is 1. The van der Waals surface area contributed by atoms with Crippen LogP contribution in [0.25, 0.3) is 22.3 Å². The number of imide groups is 1. The van der Waals surface area contributed by atoms with E-state index in [0.29, 0.717) is 58.2 Å². The van der Waals surface area contributed by atoms with Gasteiger partial charge >= 0.3 is 5.97 Å². The molecular formula is C53H56FN9O14. The number of esters is 1. The van der Waals surface area contributed by atoms with Crippen molar-refractivity contribution in [2.45, 2.75) is 76.8 Å². The van der Waals surface area contributed by atoms with Gasteiger partial charge in [-0.05, 0) is 67.3 Å². The van der Waals surface area contributed by atoms with Crippen LogP contribution in [0.15, 0.2) is 59.4 Å². The Bertz CT molecular complexity index is 3200. The molecule has 23 nitrogen and oxygen atoms in total. The van der Waals surface area contributed by atoms with Crippen LogP contribution in [-0.2, 0) is 89.0 Å². The first kappa shape index (κ1) is 53.6. The first-order chi connectivity index (χ1) is 36.9. The molecule has 8 amide bonds. The predicted octanol–water partition coefficient (Wildman–Crippen LogP) is -0.625. The van der Waals surface area contributed by atoms with Crippen molar-refractivity contribution in [2.75, 3.05) is 52.7 Å². The quantitative estimate of drug-likeness (QED) is 0.0197. The molecule has 404 valence electrons. The summed E-state index contributed by atoms with van der Waals surface area (Å²) in [6.45, 7) is 1.26. The minimum atomic E-state index is -2.07. The van der Waals surface area contributed by atoms with Crippen LogP contribution < -0.4 is 37.5 Å². The van der Waals surface area contributed by atoms with Crippen molar-refractivity contribution in [2.24, 2.45) is 11.8 Å². The number of pyridine rings is 2. The standard InChI is InChI=1S/C53H56FN9O14/c1-27-30-8-9-36(47-32-23-63-39(48(32)60-37(46(30)47)19-35(27)54)18-34-33(51(63)72)25-77-52(73)53(34,2)74)61-49(70)31-17-29(31)24-76-26-58-42(66)21-57-50(71)38(16-28-6-4-3-5-7-28)59-43(67)22-56-41(65)20-55-40(64)12-14-75-15-13-62-44(68)10-11-45(62)69/h3-7,10-11,18-19,29,31,36,38,74H,8-9,12-17,20-26H2,1-2H3,(H,55,64)(H,56,65)(H,57,71)(H,58,66)(H,59,67)(H,61,70)/t29-,31+,36+,38+,53+/m1/s1. The molecule has 5 atom stereocenters. The van der Waals surface area contributed by atoms with Gasteiger partial charge in [-0.25, -0.2) is 14.2 Å². The lowest BCUT2D eigenvalue weighted by Gasteiger charge is -2.30. The maximum absolute atomic E-state index is 15.4. The van der Waals surface area contributed by atoms with Gasteiger partial charge in [-0.3, -0.25) is 48.1 Å². The lowest BCUT2D eigenvalue weighted by Crippen LogP contribution is -2.52. The maximum atomic E-state index is 15.4. The minimum absolute atomic E-state index is 0.0249. The second-order valence-electron chi connectivity index (χ2n) is 19.6. The third-order valence-electron chi connectivity index (χ3n) is 14.4. The Morgan fingerprint density at radius 2 is 1.60 bits per heavy atom. The molecule has 24 heteroatoms. The number of carbonyl (C=O) groups excluding carboxylic acids is 9. The van der Waals surface area contributed by atoms with Crippen LogP contribution in [0, 0.1) is 24.6 Å². The van der Waals surface area contributed by atoms with Crippen LogP contribution in [0.4, 0.5) is 4.39 Å². The maximum Gasteiger partial charge on any atom is 0.342 e. The number of carbonyl (C=O) groups is 9. The molecule has 0 spiro atoms. The Morgan fingerprint density at radius 3 is 2.36 bits per heavy atom. The van der Waals surface area contributed by atoms with E-state index < -0.39 is 102 Å². The highest BCUT2D eigenvalue weighted by Crippen LogP contribution is 2.47. The molecule has 7 N–H and O–H groups in total. The summed E-state index contributed by atoms with van der Waals surface area (Å²) in [6, 6.07) is 10.0. The lowest BCUT2D eigenvalue weighted by atomic mass is 9.81. The van der Waals surface area contributed by atoms with Gasteiger partial charge in [-0.2, -0.15) is 0 Å². The summed E-state index contributed by atoms with van der Waals surface area (Å²) in [6.07, 6.45) is 3.67. The lowest BCUT2D eigenvalue weighted by molar-refractivity contribution is -0.169. The number of cyclic esters (lactones) is 1. The Balaban J connectivity index is 0.719. The van der Waals surface area contributed by atoms with Crippen molar-refractivity contribution in [3.8, 4) is 11.4 Å². The van der Waals surface area contributed by atoms with Crippen molar-refractivity contribution >= 4 is 64.1 Å². The third kappa shape index (κ3) is 11.6. The molecule has 5 aliphatic rings. The fourth-order valence-corrected chi connectivity index (χ4v) is 10.1. The number of nitrogens with zero attached hydrogens (tertiary/aromatic N) is 3. The molecule has 4 aromatic rings. The molecule has 5 heterocycles. The zero-order chi connectivity index (χ0) is 54.7. The van der Waals surface area contributed by atoms with Gasteiger partial charge in [-0.1, -0.05) is 30.3 Å². The number of aryl methyl sites for hydroxylation is 1. The van der Waals surface area contributed by atoms with Gasteiger partial charge in [0.25, 0.3) is 17.4 Å². The molecule has 2 aliphatic carbocycles. The topological polar surface area (TPSA) is 312 Å². The zero-order valence-electron chi connectivity index (χ0n) is 42.1. The summed E-state index contributed by atoms with van der Waals surface area (Å²) in [5, 5.41) is 27.4. The molecule has 1 fully saturated rings. The smallest absolute Gasteiger partial charge is 0.342 e. The van der Waals surface area contributed by atoms with E-state index in [2.05, 4.69) is 31.9 Å². The number of rotatable bonds is 22. The van der Waals surface area contributed by atoms with Crippen LogP contribution in [0.2, 0.25) is 0 Å². The number of nitrogens with one attached hydrogen (secondary N) is 6. The molecule has 9 rings (SSSR count). The third-order valence-corrected chi connectivity index (χ3v) is 14.4. The number of benzene rings is 2. The first-order valence-electron chi connectivity index (χ1n) is 25.1. The van der Waals surface area contributed by atoms with Crippen LogP contribution in [-0.4, -0.2) is 132 Å². The van der Waals surface area contributed by atoms with Gasteiger partial charge in [0, 0.05) is 53.5 Å². The monoisotopic (exact) mass is 1060 g/mol. The summed E-state index contributed by atoms with van der Waals surface area (Å²) < 4.78 is 33.0. The van der Waals surface area contributed by atoms with Gasteiger partial charge < -0.3 is 55.8 Å². The summed E-state index contributed by atoms with van der Waals surface area (Å²) in [5.74, 6) is -6.20. The molecule has 0 unspecified atom stereocenters. The molecular weight excluding hydrogens is 1010 g/mol. The number of hydrogen-bond donors (Lipinski definition) is 7. The van der Waals surface area contributed by atoms with Gasteiger partial charge in [0.15, 0.2) is 5.60 Å². The fraction of sp³-hybridized carbons (Fsp3) is 0.415. The molecule has 77 heavy (non-hydrogen) atoms. The number of ether oxygens (including phenoxy) is 3. The van der Waals surface area contributed by atoms with Crippen LogP contribution >= 0.6 is 0 Å². The highest BCUT2D eigenvalue weighted by molar-refractivity contribution is 6.12. The van der Waals surface area contributed by atoms with E-state index in [1.807, 2.05) is 0 Å². The minimum Gasteiger partial charge on any atom is -0.458 e. The average molecular weight is 1060 g/mol. The molecule has 2 aromatic carbocycles. The van der Waals surface area contributed by atoms with E-state index in [1.54, 1.807) is 43.3 Å². The number of aromatic nitrogens is 2. The predicted molar refractivity (Wildman–Crippen MR) is 267 cm³/mol. The van der Waals surface area contributed by atoms with Crippen molar-refractivity contribution in [1.82, 2.24) is 46.4 Å². The number of aliphatic hydroxyl groups is 1. The molecule has 2 aromatic heterocycles. The van der Waals surface area contributed by atoms with Gasteiger partial charge in [-0.15, -0.1) is 0 Å². The second kappa shape index (κ2) is 22.5. The summed E-state index contributed by atoms with van der Waals surface area (Å²) >= 11 is 0. The Kier molecular flexibility index (Phi) is 15.7. The Labute approximate surface area is 438 Å². The SMILES string of the molecule is Cc1c(F)cc2nc3c(c4c2c1CC[C@@H]4NC(=O)[C@H]1C[C@@H]1COCNC(=O)CNC(=O)[C@H](Cc1ccccc1)NC(=O)CNC(=O)CNC(=O)CCOCCN1C(=O)C=CC1=O)Cn1c-3cc2c(c1=O)COC(=O)[C@@]2(C)O. The van der Waals surface area contributed by atoms with Crippen LogP contribution in [0.1, 0.15) is 71.2 Å².